The molecule has 0 aliphatic carbocycles. The van der Waals surface area contributed by atoms with Gasteiger partial charge in [0, 0.05) is 12.1 Å². The number of ether oxygens (including phenoxy) is 2. The Balaban J connectivity index is 1.82. The maximum Gasteiger partial charge on any atom is 0.573 e. The summed E-state index contributed by atoms with van der Waals surface area (Å²) in [5, 5.41) is 2.39. The third kappa shape index (κ3) is 7.08. The number of sulfone groups is 1. The van der Waals surface area contributed by atoms with Crippen LogP contribution in [0.25, 0.3) is 0 Å². The van der Waals surface area contributed by atoms with E-state index < -0.39 is 39.9 Å². The van der Waals surface area contributed by atoms with E-state index in [4.69, 9.17) is 4.74 Å². The molecule has 0 aromatic heterocycles. The predicted molar refractivity (Wildman–Crippen MR) is 88.7 cm³/mol. The topological polar surface area (TPSA) is 98.8 Å². The number of nitrogens with one attached hydrogen (secondary N) is 1. The molecule has 0 bridgehead atoms. The summed E-state index contributed by atoms with van der Waals surface area (Å²) >= 11 is 0. The zero-order valence-electron chi connectivity index (χ0n) is 14.3. The molecule has 7 nitrogen and oxygen atoms in total. The summed E-state index contributed by atoms with van der Waals surface area (Å²) in [6.07, 6.45) is -5.68. The Morgan fingerprint density at radius 3 is 2.41 bits per heavy atom. The van der Waals surface area contributed by atoms with Crippen LogP contribution in [0.4, 0.5) is 18.9 Å². The van der Waals surface area contributed by atoms with Crippen LogP contribution in [-0.4, -0.2) is 44.3 Å². The van der Waals surface area contributed by atoms with E-state index in [1.54, 1.807) is 0 Å². The summed E-state index contributed by atoms with van der Waals surface area (Å²) in [4.78, 5) is 23.8. The molecule has 11 heteroatoms. The van der Waals surface area contributed by atoms with Crippen LogP contribution in [0, 0.1) is 5.92 Å². The molecule has 1 heterocycles. The molecule has 1 aromatic carbocycles. The molecule has 1 N–H and O–H groups in total. The number of hydrogen-bond acceptors (Lipinski definition) is 6. The SMILES string of the molecule is C[C@H](OC(=O)C[C@@H]1CCS(=O)(=O)C1)C(=O)Nc1ccc(OC(F)(F)F)cc1. The number of hydrogen-bond donors (Lipinski definition) is 1. The number of benzene rings is 1. The Kier molecular flexibility index (Phi) is 6.34. The molecule has 1 aromatic rings. The second-order valence-corrected chi connectivity index (χ2v) is 8.40. The molecule has 2 rings (SSSR count). The van der Waals surface area contributed by atoms with Crippen molar-refractivity contribution in [1.82, 2.24) is 0 Å². The van der Waals surface area contributed by atoms with E-state index in [0.717, 1.165) is 12.1 Å². The van der Waals surface area contributed by atoms with Crippen LogP contribution >= 0.6 is 0 Å². The summed E-state index contributed by atoms with van der Waals surface area (Å²) in [7, 11) is -3.11. The zero-order valence-corrected chi connectivity index (χ0v) is 15.1. The summed E-state index contributed by atoms with van der Waals surface area (Å²) < 4.78 is 67.7. The Hall–Kier alpha value is -2.30. The van der Waals surface area contributed by atoms with Gasteiger partial charge in [0.15, 0.2) is 15.9 Å². The summed E-state index contributed by atoms with van der Waals surface area (Å²) in [6.45, 7) is 1.33. The molecule has 1 fully saturated rings. The van der Waals surface area contributed by atoms with Gasteiger partial charge in [-0.25, -0.2) is 8.42 Å². The number of anilines is 1. The molecule has 0 radical (unpaired) electrons. The summed E-state index contributed by atoms with van der Waals surface area (Å²) in [5.74, 6) is -2.16. The van der Waals surface area contributed by atoms with Crippen molar-refractivity contribution < 1.29 is 40.7 Å². The fourth-order valence-electron chi connectivity index (χ4n) is 2.55. The van der Waals surface area contributed by atoms with Gasteiger partial charge < -0.3 is 14.8 Å². The molecule has 1 aliphatic rings. The van der Waals surface area contributed by atoms with Crippen LogP contribution < -0.4 is 10.1 Å². The molecule has 2 atom stereocenters. The van der Waals surface area contributed by atoms with E-state index in [-0.39, 0.29) is 29.5 Å². The maximum absolute atomic E-state index is 12.1. The van der Waals surface area contributed by atoms with Gasteiger partial charge in [0.2, 0.25) is 0 Å². The second kappa shape index (κ2) is 8.15. The van der Waals surface area contributed by atoms with E-state index >= 15 is 0 Å². The Morgan fingerprint density at radius 1 is 1.26 bits per heavy atom. The Morgan fingerprint density at radius 2 is 1.89 bits per heavy atom. The minimum Gasteiger partial charge on any atom is -0.453 e. The maximum atomic E-state index is 12.1. The number of halogens is 3. The van der Waals surface area contributed by atoms with Crippen LogP contribution in [0.3, 0.4) is 0 Å². The summed E-state index contributed by atoms with van der Waals surface area (Å²) in [6, 6.07) is 4.47. The van der Waals surface area contributed by atoms with Gasteiger partial charge in [-0.2, -0.15) is 0 Å². The minimum absolute atomic E-state index is 0.0367. The fourth-order valence-corrected chi connectivity index (χ4v) is 4.41. The molecule has 1 saturated heterocycles. The Labute approximate surface area is 153 Å². The number of carbonyl (C=O) groups excluding carboxylic acids is 2. The third-order valence-electron chi connectivity index (χ3n) is 3.81. The Bertz CT molecular complexity index is 791. The fraction of sp³-hybridized carbons (Fsp3) is 0.500. The average molecular weight is 409 g/mol. The van der Waals surface area contributed by atoms with Gasteiger partial charge in [-0.3, -0.25) is 9.59 Å². The van der Waals surface area contributed by atoms with Crippen LogP contribution in [0.1, 0.15) is 19.8 Å². The zero-order chi connectivity index (χ0) is 20.2. The van der Waals surface area contributed by atoms with Gasteiger partial charge in [0.05, 0.1) is 11.5 Å². The highest BCUT2D eigenvalue weighted by Gasteiger charge is 2.32. The monoisotopic (exact) mass is 409 g/mol. The van der Waals surface area contributed by atoms with Crippen molar-refractivity contribution >= 4 is 27.4 Å². The molecule has 0 spiro atoms. The number of rotatable bonds is 6. The second-order valence-electron chi connectivity index (χ2n) is 6.17. The normalized spacial score (nSPS) is 19.9. The lowest BCUT2D eigenvalue weighted by molar-refractivity contribution is -0.274. The standard InChI is InChI=1S/C16H18F3NO6S/c1-10(25-14(21)8-11-6-7-27(23,24)9-11)15(22)20-12-2-4-13(5-3-12)26-16(17,18)19/h2-5,10-11H,6-9H2,1H3,(H,20,22)/t10-,11-/m0/s1. The smallest absolute Gasteiger partial charge is 0.453 e. The van der Waals surface area contributed by atoms with E-state index in [1.165, 1.54) is 19.1 Å². The molecule has 0 unspecified atom stereocenters. The van der Waals surface area contributed by atoms with Gasteiger partial charge in [-0.15, -0.1) is 13.2 Å². The lowest BCUT2D eigenvalue weighted by atomic mass is 10.1. The van der Waals surface area contributed by atoms with Gasteiger partial charge in [-0.05, 0) is 43.5 Å². The highest BCUT2D eigenvalue weighted by atomic mass is 32.2. The van der Waals surface area contributed by atoms with Gasteiger partial charge in [0.25, 0.3) is 5.91 Å². The van der Waals surface area contributed by atoms with Gasteiger partial charge >= 0.3 is 12.3 Å². The molecule has 0 saturated carbocycles. The first kappa shape index (κ1) is 21.0. The van der Waals surface area contributed by atoms with E-state index in [0.29, 0.717) is 6.42 Å². The van der Waals surface area contributed by atoms with Gasteiger partial charge in [-0.1, -0.05) is 0 Å². The van der Waals surface area contributed by atoms with Crippen molar-refractivity contribution in [1.29, 1.82) is 0 Å². The summed E-state index contributed by atoms with van der Waals surface area (Å²) in [5.41, 5.74) is 0.194. The number of amides is 1. The van der Waals surface area contributed by atoms with Crippen molar-refractivity contribution in [2.45, 2.75) is 32.2 Å². The number of alkyl halides is 3. The predicted octanol–water partition coefficient (Wildman–Crippen LogP) is 2.28. The molecular weight excluding hydrogens is 391 g/mol. The first-order valence-electron chi connectivity index (χ1n) is 8.00. The third-order valence-corrected chi connectivity index (χ3v) is 5.65. The lowest BCUT2D eigenvalue weighted by Crippen LogP contribution is -2.30. The van der Waals surface area contributed by atoms with Crippen LogP contribution in [0.15, 0.2) is 24.3 Å². The first-order chi connectivity index (χ1) is 12.4. The molecular formula is C16H18F3NO6S. The molecule has 27 heavy (non-hydrogen) atoms. The quantitative estimate of drug-likeness (QED) is 0.724. The molecule has 1 aliphatic heterocycles. The lowest BCUT2D eigenvalue weighted by Gasteiger charge is -2.15. The minimum atomic E-state index is -4.81. The first-order valence-corrected chi connectivity index (χ1v) is 9.82. The van der Waals surface area contributed by atoms with Crippen molar-refractivity contribution in [2.24, 2.45) is 5.92 Å². The highest BCUT2D eigenvalue weighted by molar-refractivity contribution is 7.91. The number of esters is 1. The largest absolute Gasteiger partial charge is 0.573 e. The van der Waals surface area contributed by atoms with Crippen molar-refractivity contribution in [3.05, 3.63) is 24.3 Å². The van der Waals surface area contributed by atoms with E-state index in [2.05, 4.69) is 10.1 Å². The van der Waals surface area contributed by atoms with Crippen LogP contribution in [0.5, 0.6) is 5.75 Å². The van der Waals surface area contributed by atoms with Crippen LogP contribution in [-0.2, 0) is 24.2 Å². The van der Waals surface area contributed by atoms with E-state index in [1.807, 2.05) is 0 Å². The van der Waals surface area contributed by atoms with E-state index in [9.17, 15) is 31.2 Å². The average Bonchev–Trinajstić information content (AvgIpc) is 2.86. The van der Waals surface area contributed by atoms with Crippen molar-refractivity contribution in [2.75, 3.05) is 16.8 Å². The van der Waals surface area contributed by atoms with Gasteiger partial charge in [0.1, 0.15) is 5.75 Å². The highest BCUT2D eigenvalue weighted by Crippen LogP contribution is 2.24. The number of carbonyl (C=O) groups is 2. The molecule has 150 valence electrons. The van der Waals surface area contributed by atoms with Crippen LogP contribution in [0.2, 0.25) is 0 Å². The molecule has 1 amide bonds. The van der Waals surface area contributed by atoms with Crippen molar-refractivity contribution in [3.8, 4) is 5.75 Å². The van der Waals surface area contributed by atoms with Crippen molar-refractivity contribution in [3.63, 3.8) is 0 Å².